The van der Waals surface area contributed by atoms with Gasteiger partial charge in [-0.2, -0.15) is 0 Å². The first-order valence-electron chi connectivity index (χ1n) is 15.5. The van der Waals surface area contributed by atoms with E-state index >= 15 is 0 Å². The van der Waals surface area contributed by atoms with Gasteiger partial charge in [-0.05, 0) is 41.7 Å². The zero-order valence-electron chi connectivity index (χ0n) is 24.6. The third kappa shape index (κ3) is 4.16. The molecule has 4 heterocycles. The van der Waals surface area contributed by atoms with Gasteiger partial charge >= 0.3 is 0 Å². The Bertz CT molecular complexity index is 1840. The van der Waals surface area contributed by atoms with E-state index in [0.29, 0.717) is 24.2 Å². The van der Waals surface area contributed by atoms with Crippen LogP contribution in [0.1, 0.15) is 22.3 Å². The average Bonchev–Trinajstić information content (AvgIpc) is 3.78. The number of likely N-dealkylation sites (tertiary alicyclic amines) is 1. The van der Waals surface area contributed by atoms with Crippen molar-refractivity contribution in [1.82, 2.24) is 10.2 Å². The van der Waals surface area contributed by atoms with Crippen LogP contribution < -0.4 is 15.1 Å². The maximum atomic E-state index is 14.9. The standard InChI is InChI=1S/C37H32N4O4/c42-31(39-20-19-26-15-7-9-17-29(26)39)23-40-30-18-10-8-16-27(30)37(36(40)45)33-32(28(38-37)21-24-11-3-1-4-12-24)34(43)41(35(33)44)22-25-13-5-2-6-14-25/h1-18,28,32-33,38H,19-23H2/t28-,32+,33-,37-/m0/s1. The first-order valence-corrected chi connectivity index (χ1v) is 15.5. The fourth-order valence-corrected chi connectivity index (χ4v) is 7.95. The second-order valence-corrected chi connectivity index (χ2v) is 12.3. The summed E-state index contributed by atoms with van der Waals surface area (Å²) < 4.78 is 0. The number of carbonyl (C=O) groups excluding carboxylic acids is 4. The molecular formula is C37H32N4O4. The Morgan fingerprint density at radius 1 is 0.733 bits per heavy atom. The van der Waals surface area contributed by atoms with Crippen LogP contribution in [0.4, 0.5) is 11.4 Å². The molecule has 8 rings (SSSR count). The quantitative estimate of drug-likeness (QED) is 0.342. The van der Waals surface area contributed by atoms with Crippen molar-refractivity contribution >= 4 is 35.0 Å². The molecule has 4 aliphatic heterocycles. The van der Waals surface area contributed by atoms with Crippen LogP contribution in [0.5, 0.6) is 0 Å². The van der Waals surface area contributed by atoms with Crippen molar-refractivity contribution in [2.24, 2.45) is 11.8 Å². The van der Waals surface area contributed by atoms with Crippen molar-refractivity contribution in [2.45, 2.75) is 31.0 Å². The van der Waals surface area contributed by atoms with Gasteiger partial charge in [-0.25, -0.2) is 0 Å². The highest BCUT2D eigenvalue weighted by Crippen LogP contribution is 2.55. The van der Waals surface area contributed by atoms with E-state index in [1.54, 1.807) is 4.90 Å². The zero-order chi connectivity index (χ0) is 30.7. The molecule has 4 aromatic rings. The van der Waals surface area contributed by atoms with E-state index in [1.807, 2.05) is 109 Å². The molecule has 45 heavy (non-hydrogen) atoms. The van der Waals surface area contributed by atoms with Crippen molar-refractivity contribution in [2.75, 3.05) is 22.9 Å². The molecule has 4 atom stereocenters. The summed E-state index contributed by atoms with van der Waals surface area (Å²) in [5.74, 6) is -2.86. The molecule has 0 aromatic heterocycles. The van der Waals surface area contributed by atoms with E-state index in [1.165, 1.54) is 9.80 Å². The van der Waals surface area contributed by atoms with Gasteiger partial charge in [0.1, 0.15) is 12.1 Å². The predicted molar refractivity (Wildman–Crippen MR) is 169 cm³/mol. The van der Waals surface area contributed by atoms with Gasteiger partial charge in [0.2, 0.25) is 17.7 Å². The molecule has 224 valence electrons. The van der Waals surface area contributed by atoms with Crippen LogP contribution in [0.15, 0.2) is 109 Å². The molecule has 8 nitrogen and oxygen atoms in total. The summed E-state index contributed by atoms with van der Waals surface area (Å²) in [5.41, 5.74) is 3.58. The van der Waals surface area contributed by atoms with Crippen molar-refractivity contribution in [3.63, 3.8) is 0 Å². The van der Waals surface area contributed by atoms with Gasteiger partial charge < -0.3 is 9.80 Å². The molecular weight excluding hydrogens is 564 g/mol. The van der Waals surface area contributed by atoms with Gasteiger partial charge in [-0.3, -0.25) is 29.4 Å². The van der Waals surface area contributed by atoms with Crippen LogP contribution in [0.25, 0.3) is 0 Å². The molecule has 0 saturated carbocycles. The average molecular weight is 597 g/mol. The number of nitrogens with one attached hydrogen (secondary N) is 1. The van der Waals surface area contributed by atoms with E-state index in [0.717, 1.165) is 28.8 Å². The number of nitrogens with zero attached hydrogens (tertiary/aromatic N) is 3. The molecule has 1 spiro atoms. The van der Waals surface area contributed by atoms with Gasteiger partial charge in [0, 0.05) is 29.5 Å². The van der Waals surface area contributed by atoms with Gasteiger partial charge in [0.15, 0.2) is 0 Å². The van der Waals surface area contributed by atoms with Gasteiger partial charge in [0.05, 0.1) is 18.4 Å². The van der Waals surface area contributed by atoms with E-state index in [4.69, 9.17) is 0 Å². The number of fused-ring (bicyclic) bond motifs is 5. The lowest BCUT2D eigenvalue weighted by atomic mass is 9.76. The first-order chi connectivity index (χ1) is 22.0. The Labute approximate surface area is 261 Å². The summed E-state index contributed by atoms with van der Waals surface area (Å²) in [6, 6.07) is 34.0. The lowest BCUT2D eigenvalue weighted by Crippen LogP contribution is -2.56. The van der Waals surface area contributed by atoms with E-state index in [2.05, 4.69) is 5.32 Å². The molecule has 0 unspecified atom stereocenters. The monoisotopic (exact) mass is 596 g/mol. The normalized spacial score (nSPS) is 24.8. The van der Waals surface area contributed by atoms with Crippen molar-refractivity contribution in [1.29, 1.82) is 0 Å². The fourth-order valence-electron chi connectivity index (χ4n) is 7.95. The smallest absolute Gasteiger partial charge is 0.253 e. The Kier molecular flexibility index (Phi) is 6.42. The highest BCUT2D eigenvalue weighted by Gasteiger charge is 2.71. The first kappa shape index (κ1) is 27.5. The molecule has 1 N–H and O–H groups in total. The van der Waals surface area contributed by atoms with Crippen LogP contribution >= 0.6 is 0 Å². The largest absolute Gasteiger partial charge is 0.310 e. The summed E-state index contributed by atoms with van der Waals surface area (Å²) in [5, 5.41) is 3.57. The Balaban J connectivity index is 1.19. The zero-order valence-corrected chi connectivity index (χ0v) is 24.6. The number of hydrogen-bond acceptors (Lipinski definition) is 5. The third-order valence-corrected chi connectivity index (χ3v) is 9.92. The number of imide groups is 1. The molecule has 0 bridgehead atoms. The van der Waals surface area contributed by atoms with Crippen molar-refractivity contribution in [3.8, 4) is 0 Å². The number of hydrogen-bond donors (Lipinski definition) is 1. The van der Waals surface area contributed by atoms with Gasteiger partial charge in [-0.15, -0.1) is 0 Å². The number of para-hydroxylation sites is 2. The molecule has 4 amide bonds. The molecule has 0 radical (unpaired) electrons. The molecule has 8 heteroatoms. The Morgan fingerprint density at radius 2 is 1.38 bits per heavy atom. The highest BCUT2D eigenvalue weighted by atomic mass is 16.2. The number of amides is 4. The molecule has 4 aliphatic rings. The van der Waals surface area contributed by atoms with E-state index in [9.17, 15) is 19.2 Å². The van der Waals surface area contributed by atoms with E-state index < -0.39 is 23.4 Å². The Hall–Kier alpha value is -5.08. The molecule has 4 aromatic carbocycles. The minimum atomic E-state index is -1.47. The Morgan fingerprint density at radius 3 is 2.13 bits per heavy atom. The number of benzene rings is 4. The lowest BCUT2D eigenvalue weighted by Gasteiger charge is -2.31. The number of carbonyl (C=O) groups is 4. The maximum Gasteiger partial charge on any atom is 0.253 e. The minimum absolute atomic E-state index is 0.145. The summed E-state index contributed by atoms with van der Waals surface area (Å²) in [6.45, 7) is 0.535. The summed E-state index contributed by atoms with van der Waals surface area (Å²) in [4.78, 5) is 61.9. The molecule has 2 fully saturated rings. The van der Waals surface area contributed by atoms with Crippen molar-refractivity contribution < 1.29 is 19.2 Å². The summed E-state index contributed by atoms with van der Waals surface area (Å²) >= 11 is 0. The predicted octanol–water partition coefficient (Wildman–Crippen LogP) is 3.83. The topological polar surface area (TPSA) is 90.0 Å². The van der Waals surface area contributed by atoms with Crippen LogP contribution in [0.3, 0.4) is 0 Å². The third-order valence-electron chi connectivity index (χ3n) is 9.92. The second kappa shape index (κ2) is 10.5. The molecule has 2 saturated heterocycles. The number of rotatable bonds is 6. The van der Waals surface area contributed by atoms with Crippen molar-refractivity contribution in [3.05, 3.63) is 131 Å². The van der Waals surface area contributed by atoms with Crippen LogP contribution in [0, 0.1) is 11.8 Å². The van der Waals surface area contributed by atoms with E-state index in [-0.39, 0.29) is 36.7 Å². The SMILES string of the molecule is O=C1[C@@H]2[C@H](Cc3ccccc3)N[C@]3(C(=O)N(CC(=O)N4CCc5ccccc54)c4ccccc43)[C@@H]2C(=O)N1Cc1ccccc1. The van der Waals surface area contributed by atoms with Gasteiger partial charge in [0.25, 0.3) is 5.91 Å². The van der Waals surface area contributed by atoms with Crippen LogP contribution in [0.2, 0.25) is 0 Å². The van der Waals surface area contributed by atoms with Crippen LogP contribution in [-0.4, -0.2) is 47.7 Å². The maximum absolute atomic E-state index is 14.9. The lowest BCUT2D eigenvalue weighted by molar-refractivity contribution is -0.143. The number of anilines is 2. The summed E-state index contributed by atoms with van der Waals surface area (Å²) in [7, 11) is 0. The highest BCUT2D eigenvalue weighted by molar-refractivity contribution is 6.18. The second-order valence-electron chi connectivity index (χ2n) is 12.3. The van der Waals surface area contributed by atoms with Crippen LogP contribution in [-0.2, 0) is 44.1 Å². The molecule has 0 aliphatic carbocycles. The van der Waals surface area contributed by atoms with Gasteiger partial charge in [-0.1, -0.05) is 97.1 Å². The summed E-state index contributed by atoms with van der Waals surface area (Å²) in [6.07, 6.45) is 1.23. The minimum Gasteiger partial charge on any atom is -0.310 e. The fraction of sp³-hybridized carbons (Fsp3) is 0.243.